The maximum atomic E-state index is 13.2. The maximum absolute atomic E-state index is 13.2. The normalized spacial score (nSPS) is 19.3. The molecule has 0 atom stereocenters. The molecule has 10 heteroatoms. The van der Waals surface area contributed by atoms with Gasteiger partial charge in [-0.15, -0.1) is 0 Å². The Morgan fingerprint density at radius 2 is 1.59 bits per heavy atom. The standard InChI is InChI=1S/C31H31FN2O6S/c1-41(37,38)34(22-10-8-21(33)9-11-22)27-17-28-26(16-25(27)18-2-3-18)29(31(35)36)30(40-28)19-4-12-23(13-5-19)39-24-14-6-20(32)7-15-24/h4-7,12-18,21-22H,2-3,8-11,33H2,1H3,(H,35,36). The number of sulfonamides is 1. The number of ether oxygens (including phenoxy) is 1. The molecule has 0 unspecified atom stereocenters. The predicted molar refractivity (Wildman–Crippen MR) is 155 cm³/mol. The van der Waals surface area contributed by atoms with Crippen LogP contribution in [0.2, 0.25) is 0 Å². The lowest BCUT2D eigenvalue weighted by Gasteiger charge is -2.37. The highest BCUT2D eigenvalue weighted by atomic mass is 32.2. The second-order valence-corrected chi connectivity index (χ2v) is 12.9. The van der Waals surface area contributed by atoms with Crippen molar-refractivity contribution in [1.29, 1.82) is 0 Å². The van der Waals surface area contributed by atoms with Crippen LogP contribution in [0, 0.1) is 5.82 Å². The molecule has 0 spiro atoms. The minimum absolute atomic E-state index is 0.0233. The first-order valence-corrected chi connectivity index (χ1v) is 15.6. The summed E-state index contributed by atoms with van der Waals surface area (Å²) in [5, 5.41) is 10.7. The van der Waals surface area contributed by atoms with Crippen LogP contribution in [-0.4, -0.2) is 37.8 Å². The zero-order valence-electron chi connectivity index (χ0n) is 22.5. The van der Waals surface area contributed by atoms with E-state index in [1.807, 2.05) is 0 Å². The lowest BCUT2D eigenvalue weighted by Crippen LogP contribution is -2.44. The summed E-state index contributed by atoms with van der Waals surface area (Å²) < 4.78 is 53.0. The number of nitrogens with two attached hydrogens (primary N) is 1. The highest BCUT2D eigenvalue weighted by Crippen LogP contribution is 2.49. The zero-order valence-corrected chi connectivity index (χ0v) is 23.4. The number of carbonyl (C=O) groups is 1. The number of nitrogens with zero attached hydrogens (tertiary/aromatic N) is 1. The van der Waals surface area contributed by atoms with Crippen LogP contribution < -0.4 is 14.8 Å². The van der Waals surface area contributed by atoms with E-state index < -0.39 is 16.0 Å². The lowest BCUT2D eigenvalue weighted by atomic mass is 9.91. The Kier molecular flexibility index (Phi) is 6.99. The first-order valence-electron chi connectivity index (χ1n) is 13.7. The Morgan fingerprint density at radius 3 is 2.15 bits per heavy atom. The van der Waals surface area contributed by atoms with Gasteiger partial charge in [0.15, 0.2) is 0 Å². The van der Waals surface area contributed by atoms with Crippen molar-refractivity contribution in [2.45, 2.75) is 56.5 Å². The number of carboxylic acid groups (broad SMARTS) is 1. The van der Waals surface area contributed by atoms with E-state index in [1.54, 1.807) is 36.4 Å². The highest BCUT2D eigenvalue weighted by Gasteiger charge is 2.37. The number of aromatic carboxylic acids is 1. The van der Waals surface area contributed by atoms with Crippen LogP contribution in [-0.2, 0) is 10.0 Å². The van der Waals surface area contributed by atoms with Gasteiger partial charge >= 0.3 is 5.97 Å². The van der Waals surface area contributed by atoms with E-state index in [0.717, 1.165) is 31.2 Å². The first kappa shape index (κ1) is 27.3. The van der Waals surface area contributed by atoms with Gasteiger partial charge in [-0.1, -0.05) is 0 Å². The van der Waals surface area contributed by atoms with Gasteiger partial charge in [-0.3, -0.25) is 4.31 Å². The molecule has 2 saturated carbocycles. The summed E-state index contributed by atoms with van der Waals surface area (Å²) in [7, 11) is -3.64. The van der Waals surface area contributed by atoms with Gasteiger partial charge in [0.1, 0.15) is 34.2 Å². The average Bonchev–Trinajstić information content (AvgIpc) is 3.70. The van der Waals surface area contributed by atoms with Gasteiger partial charge in [-0.25, -0.2) is 17.6 Å². The van der Waals surface area contributed by atoms with Crippen LogP contribution in [0.25, 0.3) is 22.3 Å². The van der Waals surface area contributed by atoms with Gasteiger partial charge in [-0.2, -0.15) is 0 Å². The summed E-state index contributed by atoms with van der Waals surface area (Å²) in [6.45, 7) is 0. The molecule has 6 rings (SSSR count). The van der Waals surface area contributed by atoms with Gasteiger partial charge in [0.25, 0.3) is 0 Å². The van der Waals surface area contributed by atoms with Gasteiger partial charge in [0.2, 0.25) is 10.0 Å². The number of rotatable bonds is 8. The molecule has 214 valence electrons. The molecule has 4 aromatic rings. The van der Waals surface area contributed by atoms with Crippen LogP contribution >= 0.6 is 0 Å². The SMILES string of the molecule is CS(=O)(=O)N(c1cc2oc(-c3ccc(Oc4ccc(F)cc4)cc3)c(C(=O)O)c2cc1C1CC1)C1CCC(N)CC1. The number of furan rings is 1. The Morgan fingerprint density at radius 1 is 0.976 bits per heavy atom. The molecule has 0 aliphatic heterocycles. The quantitative estimate of drug-likeness (QED) is 0.240. The summed E-state index contributed by atoms with van der Waals surface area (Å²) in [6, 6.07) is 15.7. The number of benzene rings is 3. The zero-order chi connectivity index (χ0) is 28.9. The smallest absolute Gasteiger partial charge is 0.340 e. The number of hydrogen-bond acceptors (Lipinski definition) is 6. The Labute approximate surface area is 237 Å². The van der Waals surface area contributed by atoms with Crippen molar-refractivity contribution in [3.63, 3.8) is 0 Å². The number of halogens is 1. The van der Waals surface area contributed by atoms with E-state index in [2.05, 4.69) is 0 Å². The van der Waals surface area contributed by atoms with Gasteiger partial charge in [0, 0.05) is 29.1 Å². The largest absolute Gasteiger partial charge is 0.478 e. The van der Waals surface area contributed by atoms with Crippen LogP contribution in [0.3, 0.4) is 0 Å². The van der Waals surface area contributed by atoms with Crippen molar-refractivity contribution >= 4 is 32.6 Å². The molecule has 1 aromatic heterocycles. The van der Waals surface area contributed by atoms with E-state index in [9.17, 15) is 22.7 Å². The third-order valence-electron chi connectivity index (χ3n) is 7.90. The first-order chi connectivity index (χ1) is 19.6. The molecule has 3 aromatic carbocycles. The van der Waals surface area contributed by atoms with E-state index >= 15 is 0 Å². The monoisotopic (exact) mass is 578 g/mol. The second kappa shape index (κ2) is 10.5. The molecule has 2 aliphatic carbocycles. The molecule has 0 amide bonds. The fourth-order valence-corrected chi connectivity index (χ4v) is 7.04. The van der Waals surface area contributed by atoms with Crippen LogP contribution in [0.15, 0.2) is 65.1 Å². The van der Waals surface area contributed by atoms with Crippen molar-refractivity contribution in [2.24, 2.45) is 5.73 Å². The molecule has 8 nitrogen and oxygen atoms in total. The third kappa shape index (κ3) is 5.54. The molecule has 0 radical (unpaired) electrons. The molecular formula is C31H31FN2O6S. The minimum Gasteiger partial charge on any atom is -0.478 e. The molecular weight excluding hydrogens is 547 g/mol. The van der Waals surface area contributed by atoms with Gasteiger partial charge in [-0.05, 0) is 105 Å². The summed E-state index contributed by atoms with van der Waals surface area (Å²) in [6.07, 6.45) is 5.84. The fraction of sp³-hybridized carbons (Fsp3) is 0.323. The maximum Gasteiger partial charge on any atom is 0.340 e. The number of fused-ring (bicyclic) bond motifs is 1. The summed E-state index contributed by atoms with van der Waals surface area (Å²) >= 11 is 0. The van der Waals surface area contributed by atoms with Gasteiger partial charge in [0.05, 0.1) is 11.9 Å². The lowest BCUT2D eigenvalue weighted by molar-refractivity contribution is 0.0699. The Bertz CT molecular complexity index is 1700. The minimum atomic E-state index is -3.64. The second-order valence-electron chi connectivity index (χ2n) is 11.0. The molecule has 0 bridgehead atoms. The number of anilines is 1. The molecule has 3 N–H and O–H groups in total. The Balaban J connectivity index is 1.42. The van der Waals surface area contributed by atoms with E-state index in [4.69, 9.17) is 14.9 Å². The van der Waals surface area contributed by atoms with Crippen LogP contribution in [0.5, 0.6) is 11.5 Å². The third-order valence-corrected chi connectivity index (χ3v) is 9.11. The summed E-state index contributed by atoms with van der Waals surface area (Å²) in [5.74, 6) is -0.218. The predicted octanol–water partition coefficient (Wildman–Crippen LogP) is 6.64. The topological polar surface area (TPSA) is 123 Å². The van der Waals surface area contributed by atoms with E-state index in [-0.39, 0.29) is 35.1 Å². The van der Waals surface area contributed by atoms with Crippen molar-refractivity contribution in [3.8, 4) is 22.8 Å². The van der Waals surface area contributed by atoms with E-state index in [1.165, 1.54) is 34.8 Å². The fourth-order valence-electron chi connectivity index (χ4n) is 5.77. The molecule has 0 saturated heterocycles. The summed E-state index contributed by atoms with van der Waals surface area (Å²) in [4.78, 5) is 12.5. The molecule has 2 aliphatic rings. The van der Waals surface area contributed by atoms with Crippen molar-refractivity contribution < 1.29 is 31.9 Å². The van der Waals surface area contributed by atoms with E-state index in [0.29, 0.717) is 46.6 Å². The molecule has 2 fully saturated rings. The summed E-state index contributed by atoms with van der Waals surface area (Å²) in [5.41, 5.74) is 8.35. The number of hydrogen-bond donors (Lipinski definition) is 2. The molecule has 1 heterocycles. The molecule has 41 heavy (non-hydrogen) atoms. The average molecular weight is 579 g/mol. The van der Waals surface area contributed by atoms with Crippen LogP contribution in [0.4, 0.5) is 10.1 Å². The van der Waals surface area contributed by atoms with Crippen molar-refractivity contribution in [3.05, 3.63) is 77.6 Å². The van der Waals surface area contributed by atoms with Crippen molar-refractivity contribution in [2.75, 3.05) is 10.6 Å². The number of carboxylic acids is 1. The highest BCUT2D eigenvalue weighted by molar-refractivity contribution is 7.92. The van der Waals surface area contributed by atoms with Crippen molar-refractivity contribution in [1.82, 2.24) is 0 Å². The van der Waals surface area contributed by atoms with Crippen LogP contribution in [0.1, 0.15) is 60.4 Å². The Hall–Kier alpha value is -3.89. The van der Waals surface area contributed by atoms with Gasteiger partial charge < -0.3 is 20.0 Å².